The number of allylic oxidation sites excluding steroid dienone is 3. The lowest BCUT2D eigenvalue weighted by molar-refractivity contribution is 0.187. The first-order chi connectivity index (χ1) is 15.8. The predicted octanol–water partition coefficient (Wildman–Crippen LogP) is 3.91. The molecule has 0 aliphatic carbocycles. The molecule has 0 spiro atoms. The summed E-state index contributed by atoms with van der Waals surface area (Å²) in [6, 6.07) is 7.52. The van der Waals surface area contributed by atoms with Gasteiger partial charge in [0.2, 0.25) is 0 Å². The van der Waals surface area contributed by atoms with E-state index in [9.17, 15) is 5.11 Å². The average molecular weight is 431 g/mol. The zero-order valence-corrected chi connectivity index (χ0v) is 17.8. The van der Waals surface area contributed by atoms with E-state index < -0.39 is 0 Å². The van der Waals surface area contributed by atoms with Crippen molar-refractivity contribution in [3.8, 4) is 5.75 Å². The second-order valence-electron chi connectivity index (χ2n) is 7.98. The predicted molar refractivity (Wildman–Crippen MR) is 125 cm³/mol. The van der Waals surface area contributed by atoms with Gasteiger partial charge in [0.25, 0.3) is 0 Å². The van der Waals surface area contributed by atoms with E-state index in [-0.39, 0.29) is 11.8 Å². The van der Waals surface area contributed by atoms with Gasteiger partial charge in [-0.25, -0.2) is 15.0 Å². The molecule has 1 aromatic carbocycles. The molecular weight excluding hydrogens is 404 g/mol. The molecular formula is C24H26N6O2. The summed E-state index contributed by atoms with van der Waals surface area (Å²) in [5, 5.41) is 13.0. The zero-order valence-electron chi connectivity index (χ0n) is 17.8. The van der Waals surface area contributed by atoms with Crippen molar-refractivity contribution in [2.45, 2.75) is 31.7 Å². The number of anilines is 1. The van der Waals surface area contributed by atoms with Gasteiger partial charge in [-0.05, 0) is 55.0 Å². The van der Waals surface area contributed by atoms with Crippen LogP contribution < -0.4 is 5.32 Å². The minimum absolute atomic E-state index is 0.242. The summed E-state index contributed by atoms with van der Waals surface area (Å²) in [4.78, 5) is 18.7. The quantitative estimate of drug-likeness (QED) is 0.615. The molecule has 32 heavy (non-hydrogen) atoms. The molecule has 4 heterocycles. The monoisotopic (exact) mass is 430 g/mol. The normalized spacial score (nSPS) is 21.1. The lowest BCUT2D eigenvalue weighted by Crippen LogP contribution is -2.12. The zero-order chi connectivity index (χ0) is 21.8. The second kappa shape index (κ2) is 9.32. The molecule has 0 amide bonds. The number of aromatic hydroxyl groups is 1. The lowest BCUT2D eigenvalue weighted by atomic mass is 10.1. The third kappa shape index (κ3) is 4.40. The van der Waals surface area contributed by atoms with Crippen molar-refractivity contribution in [2.24, 2.45) is 4.99 Å². The Morgan fingerprint density at radius 1 is 1.19 bits per heavy atom. The maximum atomic E-state index is 9.49. The SMILES string of the molecule is Oc1ccc(CCNc2nc(/C3=C/C=C\N=CCC3)nc3c2ncn3[C@H]2CCOC2)cc1. The molecule has 164 valence electrons. The van der Waals surface area contributed by atoms with Crippen LogP contribution in [-0.2, 0) is 11.2 Å². The summed E-state index contributed by atoms with van der Waals surface area (Å²) in [5.74, 6) is 1.73. The van der Waals surface area contributed by atoms with Gasteiger partial charge in [-0.15, -0.1) is 0 Å². The van der Waals surface area contributed by atoms with Gasteiger partial charge in [-0.3, -0.25) is 4.99 Å². The number of fused-ring (bicyclic) bond motifs is 1. The van der Waals surface area contributed by atoms with Crippen molar-refractivity contribution < 1.29 is 9.84 Å². The topological polar surface area (TPSA) is 97.5 Å². The number of phenolic OH excluding ortho intramolecular Hbond substituents is 1. The first-order valence-electron chi connectivity index (χ1n) is 11.0. The van der Waals surface area contributed by atoms with E-state index in [4.69, 9.17) is 14.7 Å². The van der Waals surface area contributed by atoms with Crippen LogP contribution in [0.2, 0.25) is 0 Å². The van der Waals surface area contributed by atoms with Crippen molar-refractivity contribution in [3.05, 3.63) is 60.3 Å². The standard InChI is InChI=1S/C24H26N6O2/c31-20-7-5-17(6-8-20)9-13-26-23-21-24(30(16-27-21)19-10-14-32-15-19)29-22(28-23)18-3-1-11-25-12-2-4-18/h1,3,5-8,11-12,16,19,31H,2,4,9-10,13-15H2,(H,26,28,29)/b11-1-,18-3+,25-12?/t19-/m0/s1. The Morgan fingerprint density at radius 3 is 2.94 bits per heavy atom. The van der Waals surface area contributed by atoms with Gasteiger partial charge in [-0.1, -0.05) is 18.2 Å². The van der Waals surface area contributed by atoms with E-state index in [0.717, 1.165) is 60.4 Å². The molecule has 2 N–H and O–H groups in total. The largest absolute Gasteiger partial charge is 0.508 e. The van der Waals surface area contributed by atoms with E-state index in [1.54, 1.807) is 18.3 Å². The Bertz CT molecular complexity index is 1170. The molecule has 2 aliphatic heterocycles. The van der Waals surface area contributed by atoms with Gasteiger partial charge < -0.3 is 19.7 Å². The highest BCUT2D eigenvalue weighted by atomic mass is 16.5. The molecule has 2 aliphatic rings. The Morgan fingerprint density at radius 2 is 2.09 bits per heavy atom. The highest BCUT2D eigenvalue weighted by Gasteiger charge is 2.23. The second-order valence-corrected chi connectivity index (χ2v) is 7.98. The van der Waals surface area contributed by atoms with Crippen LogP contribution in [0.25, 0.3) is 16.7 Å². The number of hydrogen-bond acceptors (Lipinski definition) is 7. The van der Waals surface area contributed by atoms with Gasteiger partial charge in [0.05, 0.1) is 19.0 Å². The van der Waals surface area contributed by atoms with E-state index in [1.165, 1.54) is 0 Å². The first-order valence-corrected chi connectivity index (χ1v) is 11.0. The maximum Gasteiger partial charge on any atom is 0.166 e. The molecule has 8 heteroatoms. The Hall–Kier alpha value is -3.52. The number of benzene rings is 1. The summed E-state index contributed by atoms with van der Waals surface area (Å²) in [6.45, 7) is 2.13. The molecule has 0 radical (unpaired) electrons. The van der Waals surface area contributed by atoms with Crippen molar-refractivity contribution in [1.29, 1.82) is 0 Å². The van der Waals surface area contributed by atoms with Crippen LogP contribution >= 0.6 is 0 Å². The van der Waals surface area contributed by atoms with Crippen LogP contribution in [0.4, 0.5) is 5.82 Å². The number of phenols is 1. The number of aliphatic imine (C=N–C) groups is 1. The van der Waals surface area contributed by atoms with Crippen molar-refractivity contribution in [1.82, 2.24) is 19.5 Å². The van der Waals surface area contributed by atoms with Crippen LogP contribution in [0.5, 0.6) is 5.75 Å². The molecule has 8 nitrogen and oxygen atoms in total. The third-order valence-electron chi connectivity index (χ3n) is 5.77. The van der Waals surface area contributed by atoms with Crippen LogP contribution in [0.3, 0.4) is 0 Å². The summed E-state index contributed by atoms with van der Waals surface area (Å²) >= 11 is 0. The molecule has 1 saturated heterocycles. The Labute approximate surface area is 186 Å². The number of aromatic nitrogens is 4. The van der Waals surface area contributed by atoms with Gasteiger partial charge in [0.15, 0.2) is 17.3 Å². The number of ether oxygens (including phenoxy) is 1. The fourth-order valence-electron chi connectivity index (χ4n) is 4.01. The van der Waals surface area contributed by atoms with Crippen LogP contribution in [0.1, 0.15) is 36.7 Å². The van der Waals surface area contributed by atoms with Gasteiger partial charge in [-0.2, -0.15) is 0 Å². The van der Waals surface area contributed by atoms with Crippen LogP contribution in [0, 0.1) is 0 Å². The van der Waals surface area contributed by atoms with Crippen LogP contribution in [0.15, 0.2) is 53.9 Å². The summed E-state index contributed by atoms with van der Waals surface area (Å²) in [5.41, 5.74) is 3.82. The number of nitrogens with zero attached hydrogens (tertiary/aromatic N) is 5. The highest BCUT2D eigenvalue weighted by molar-refractivity contribution is 5.85. The van der Waals surface area contributed by atoms with E-state index in [0.29, 0.717) is 19.0 Å². The Balaban J connectivity index is 1.47. The van der Waals surface area contributed by atoms with Gasteiger partial charge in [0.1, 0.15) is 11.3 Å². The third-order valence-corrected chi connectivity index (χ3v) is 5.77. The maximum absolute atomic E-state index is 9.49. The van der Waals surface area contributed by atoms with Crippen molar-refractivity contribution >= 4 is 28.8 Å². The molecule has 0 unspecified atom stereocenters. The molecule has 1 atom stereocenters. The van der Waals surface area contributed by atoms with Crippen molar-refractivity contribution in [2.75, 3.05) is 25.1 Å². The summed E-state index contributed by atoms with van der Waals surface area (Å²) in [6.07, 6.45) is 13.0. The molecule has 1 fully saturated rings. The fourth-order valence-corrected chi connectivity index (χ4v) is 4.01. The summed E-state index contributed by atoms with van der Waals surface area (Å²) in [7, 11) is 0. The molecule has 5 rings (SSSR count). The number of hydrogen-bond donors (Lipinski definition) is 2. The van der Waals surface area contributed by atoms with E-state index >= 15 is 0 Å². The highest BCUT2D eigenvalue weighted by Crippen LogP contribution is 2.28. The van der Waals surface area contributed by atoms with Gasteiger partial charge in [0, 0.05) is 25.6 Å². The smallest absolute Gasteiger partial charge is 0.166 e. The number of imidazole rings is 1. The summed E-state index contributed by atoms with van der Waals surface area (Å²) < 4.78 is 7.72. The van der Waals surface area contributed by atoms with E-state index in [2.05, 4.69) is 19.9 Å². The minimum atomic E-state index is 0.242. The first kappa shape index (κ1) is 20.4. The Kier molecular flexibility index (Phi) is 5.93. The lowest BCUT2D eigenvalue weighted by Gasteiger charge is -2.14. The number of nitrogens with one attached hydrogen (secondary N) is 1. The number of rotatable bonds is 6. The molecule has 0 saturated carbocycles. The van der Waals surface area contributed by atoms with Gasteiger partial charge >= 0.3 is 0 Å². The van der Waals surface area contributed by atoms with Crippen molar-refractivity contribution in [3.63, 3.8) is 0 Å². The van der Waals surface area contributed by atoms with E-state index in [1.807, 2.05) is 36.8 Å². The van der Waals surface area contributed by atoms with Crippen LogP contribution in [-0.4, -0.2) is 50.6 Å². The fraction of sp³-hybridized carbons (Fsp3) is 0.333. The molecule has 2 aromatic heterocycles. The molecule has 0 bridgehead atoms. The average Bonchev–Trinajstić information content (AvgIpc) is 3.44. The molecule has 3 aromatic rings. The minimum Gasteiger partial charge on any atom is -0.508 e.